The summed E-state index contributed by atoms with van der Waals surface area (Å²) in [4.78, 5) is 10.3. The van der Waals surface area contributed by atoms with E-state index in [2.05, 4.69) is 13.8 Å². The molecule has 0 spiro atoms. The lowest BCUT2D eigenvalue weighted by molar-refractivity contribution is -0.108. The van der Waals surface area contributed by atoms with Crippen LogP contribution in [0.2, 0.25) is 0 Å². The van der Waals surface area contributed by atoms with Crippen molar-refractivity contribution < 1.29 is 22.1 Å². The van der Waals surface area contributed by atoms with Crippen molar-refractivity contribution in [2.45, 2.75) is 59.7 Å². The molecule has 0 aliphatic rings. The van der Waals surface area contributed by atoms with Gasteiger partial charge in [-0.15, -0.1) is 0 Å². The van der Waals surface area contributed by atoms with E-state index in [0.717, 1.165) is 18.1 Å². The quantitative estimate of drug-likeness (QED) is 0.492. The Morgan fingerprint density at radius 3 is 2.12 bits per heavy atom. The van der Waals surface area contributed by atoms with E-state index >= 15 is 0 Å². The van der Waals surface area contributed by atoms with Crippen molar-refractivity contribution in [2.24, 2.45) is 0 Å². The molecule has 5 nitrogen and oxygen atoms in total. The normalized spacial score (nSPS) is 11.4. The van der Waals surface area contributed by atoms with Gasteiger partial charge in [0.05, 0.1) is 19.5 Å². The van der Waals surface area contributed by atoms with Crippen LogP contribution in [0.25, 0.3) is 0 Å². The lowest BCUT2D eigenvalue weighted by Crippen LogP contribution is -2.23. The molecule has 140 valence electrons. The summed E-state index contributed by atoms with van der Waals surface area (Å²) in [6.07, 6.45) is 2.91. The van der Waals surface area contributed by atoms with Crippen molar-refractivity contribution in [3.8, 4) is 0 Å². The maximum Gasteiger partial charge on any atom is 0.264 e. The highest BCUT2D eigenvalue weighted by molar-refractivity contribution is 7.86. The molecular formula is C18H32O5S. The number of carbonyl (C=O) groups excluding carboxylic acids is 1. The van der Waals surface area contributed by atoms with Gasteiger partial charge in [-0.25, -0.2) is 0 Å². The average molecular weight is 361 g/mol. The van der Waals surface area contributed by atoms with Gasteiger partial charge in [-0.3, -0.25) is 4.18 Å². The Morgan fingerprint density at radius 1 is 1.12 bits per heavy atom. The van der Waals surface area contributed by atoms with E-state index in [9.17, 15) is 13.2 Å². The second-order valence-electron chi connectivity index (χ2n) is 4.87. The first kappa shape index (κ1) is 25.0. The number of benzene rings is 1. The summed E-state index contributed by atoms with van der Waals surface area (Å²) < 4.78 is 32.4. The lowest BCUT2D eigenvalue weighted by Gasteiger charge is -2.15. The fourth-order valence-corrected chi connectivity index (χ4v) is 2.19. The van der Waals surface area contributed by atoms with Gasteiger partial charge in [0.2, 0.25) is 0 Å². The van der Waals surface area contributed by atoms with Crippen LogP contribution in [0.15, 0.2) is 30.3 Å². The van der Waals surface area contributed by atoms with E-state index < -0.39 is 16.2 Å². The Kier molecular flexibility index (Phi) is 17.3. The molecule has 1 aromatic rings. The molecule has 0 aliphatic heterocycles. The maximum absolute atomic E-state index is 11.1. The first-order chi connectivity index (χ1) is 11.4. The molecule has 0 aliphatic carbocycles. The molecule has 0 amide bonds. The maximum atomic E-state index is 11.1. The van der Waals surface area contributed by atoms with E-state index in [-0.39, 0.29) is 13.0 Å². The molecule has 0 N–H and O–H groups in total. The molecule has 0 bridgehead atoms. The monoisotopic (exact) mass is 360 g/mol. The molecule has 0 radical (unpaired) electrons. The molecule has 1 unspecified atom stereocenters. The summed E-state index contributed by atoms with van der Waals surface area (Å²) in [5.74, 6) is 0. The van der Waals surface area contributed by atoms with E-state index in [1.54, 1.807) is 0 Å². The van der Waals surface area contributed by atoms with Crippen LogP contribution >= 0.6 is 0 Å². The molecule has 0 fully saturated rings. The van der Waals surface area contributed by atoms with E-state index in [0.29, 0.717) is 13.0 Å². The first-order valence-electron chi connectivity index (χ1n) is 8.36. The number of carbonyl (C=O) groups is 1. The summed E-state index contributed by atoms with van der Waals surface area (Å²) in [5.41, 5.74) is 0.996. The van der Waals surface area contributed by atoms with Crippen molar-refractivity contribution in [1.82, 2.24) is 0 Å². The molecule has 6 heteroatoms. The minimum Gasteiger partial charge on any atom is -0.374 e. The molecule has 0 heterocycles. The molecule has 0 aromatic heterocycles. The van der Waals surface area contributed by atoms with Crippen LogP contribution in [0.3, 0.4) is 0 Å². The molecule has 0 saturated carbocycles. The highest BCUT2D eigenvalue weighted by Crippen LogP contribution is 2.08. The van der Waals surface area contributed by atoms with Crippen LogP contribution in [0.1, 0.15) is 52.5 Å². The number of hydrogen-bond acceptors (Lipinski definition) is 5. The van der Waals surface area contributed by atoms with Gasteiger partial charge in [0, 0.05) is 6.42 Å². The SMILES string of the molecule is CC.CCC.CS(=O)(=O)OC(CCC=O)COCc1ccccc1. The minimum absolute atomic E-state index is 0.135. The number of hydrogen-bond donors (Lipinski definition) is 0. The van der Waals surface area contributed by atoms with Crippen molar-refractivity contribution >= 4 is 16.4 Å². The fraction of sp³-hybridized carbons (Fsp3) is 0.611. The zero-order chi connectivity index (χ0) is 18.8. The standard InChI is InChI=1S/C13H18O5S.C3H8.C2H6/c1-19(15,16)18-13(8-5-9-14)11-17-10-12-6-3-2-4-7-12;1-3-2;1-2/h2-4,6-7,9,13H,5,8,10-11H2,1H3;3H2,1-2H3;1-2H3. The van der Waals surface area contributed by atoms with Gasteiger partial charge in [-0.2, -0.15) is 8.42 Å². The van der Waals surface area contributed by atoms with Crippen molar-refractivity contribution in [3.63, 3.8) is 0 Å². The van der Waals surface area contributed by atoms with Crippen molar-refractivity contribution in [1.29, 1.82) is 0 Å². The van der Waals surface area contributed by atoms with Crippen LogP contribution in [-0.2, 0) is 30.4 Å². The summed E-state index contributed by atoms with van der Waals surface area (Å²) >= 11 is 0. The van der Waals surface area contributed by atoms with Gasteiger partial charge in [-0.05, 0) is 12.0 Å². The van der Waals surface area contributed by atoms with Crippen molar-refractivity contribution in [3.05, 3.63) is 35.9 Å². The van der Waals surface area contributed by atoms with Gasteiger partial charge in [0.1, 0.15) is 12.4 Å². The molecular weight excluding hydrogens is 328 g/mol. The number of ether oxygens (including phenoxy) is 1. The van der Waals surface area contributed by atoms with Gasteiger partial charge in [-0.1, -0.05) is 64.4 Å². The predicted molar refractivity (Wildman–Crippen MR) is 98.4 cm³/mol. The predicted octanol–water partition coefficient (Wildman–Crippen LogP) is 3.97. The van der Waals surface area contributed by atoms with Crippen LogP contribution in [0, 0.1) is 0 Å². The van der Waals surface area contributed by atoms with Crippen molar-refractivity contribution in [2.75, 3.05) is 12.9 Å². The molecule has 1 rings (SSSR count). The second-order valence-corrected chi connectivity index (χ2v) is 6.47. The lowest BCUT2D eigenvalue weighted by atomic mass is 10.2. The van der Waals surface area contributed by atoms with Crippen LogP contribution in [0.5, 0.6) is 0 Å². The molecule has 1 aromatic carbocycles. The molecule has 0 saturated heterocycles. The topological polar surface area (TPSA) is 69.7 Å². The average Bonchev–Trinajstić information content (AvgIpc) is 2.55. The summed E-state index contributed by atoms with van der Waals surface area (Å²) in [5, 5.41) is 0. The molecule has 24 heavy (non-hydrogen) atoms. The summed E-state index contributed by atoms with van der Waals surface area (Å²) in [6, 6.07) is 9.53. The van der Waals surface area contributed by atoms with E-state index in [1.807, 2.05) is 44.2 Å². The second kappa shape index (κ2) is 16.6. The first-order valence-corrected chi connectivity index (χ1v) is 10.2. The molecule has 1 atom stereocenters. The zero-order valence-corrected chi connectivity index (χ0v) is 16.3. The Balaban J connectivity index is 0. The summed E-state index contributed by atoms with van der Waals surface area (Å²) in [7, 11) is -3.54. The third kappa shape index (κ3) is 17.1. The van der Waals surface area contributed by atoms with Crippen LogP contribution in [0.4, 0.5) is 0 Å². The van der Waals surface area contributed by atoms with E-state index in [4.69, 9.17) is 8.92 Å². The third-order valence-electron chi connectivity index (χ3n) is 2.33. The van der Waals surface area contributed by atoms with Crippen LogP contribution in [-0.4, -0.2) is 33.7 Å². The highest BCUT2D eigenvalue weighted by Gasteiger charge is 2.15. The smallest absolute Gasteiger partial charge is 0.264 e. The highest BCUT2D eigenvalue weighted by atomic mass is 32.2. The van der Waals surface area contributed by atoms with Gasteiger partial charge >= 0.3 is 0 Å². The Hall–Kier alpha value is -1.24. The number of rotatable bonds is 9. The van der Waals surface area contributed by atoms with Gasteiger partial charge in [0.15, 0.2) is 0 Å². The minimum atomic E-state index is -3.54. The van der Waals surface area contributed by atoms with Gasteiger partial charge in [0.25, 0.3) is 10.1 Å². The summed E-state index contributed by atoms with van der Waals surface area (Å²) in [6.45, 7) is 8.77. The van der Waals surface area contributed by atoms with Gasteiger partial charge < -0.3 is 9.53 Å². The Labute approximate surface area is 147 Å². The largest absolute Gasteiger partial charge is 0.374 e. The third-order valence-corrected chi connectivity index (χ3v) is 2.95. The van der Waals surface area contributed by atoms with E-state index in [1.165, 1.54) is 6.42 Å². The van der Waals surface area contributed by atoms with Crippen LogP contribution < -0.4 is 0 Å². The number of aldehydes is 1. The Morgan fingerprint density at radius 2 is 1.67 bits per heavy atom. The zero-order valence-electron chi connectivity index (χ0n) is 15.5. The fourth-order valence-electron chi connectivity index (χ4n) is 1.54. The Bertz CT molecular complexity index is 485.